The molecule has 2 atom stereocenters. The second-order valence-corrected chi connectivity index (χ2v) is 7.34. The summed E-state index contributed by atoms with van der Waals surface area (Å²) in [5.74, 6) is 0.488. The average Bonchev–Trinajstić information content (AvgIpc) is 2.82. The molecule has 0 saturated carbocycles. The number of pyridine rings is 1. The summed E-state index contributed by atoms with van der Waals surface area (Å²) in [6.45, 7) is 4.63. The fourth-order valence-electron chi connectivity index (χ4n) is 3.07. The van der Waals surface area contributed by atoms with Crippen molar-refractivity contribution in [1.82, 2.24) is 34.9 Å². The number of quaternary nitrogens is 1. The van der Waals surface area contributed by atoms with Gasteiger partial charge < -0.3 is 0 Å². The zero-order chi connectivity index (χ0) is 22.7. The molecule has 0 radical (unpaired) electrons. The Balaban J connectivity index is 2.10. The minimum Gasteiger partial charge on any atom is -0.286 e. The molecule has 2 aromatic rings. The van der Waals surface area contributed by atoms with Gasteiger partial charge in [-0.15, -0.1) is 4.98 Å². The van der Waals surface area contributed by atoms with Gasteiger partial charge in [0.25, 0.3) is 0 Å². The molecule has 0 spiro atoms. The molecule has 2 rings (SSSR count). The van der Waals surface area contributed by atoms with Crippen LogP contribution in [0, 0.1) is 5.92 Å². The largest absolute Gasteiger partial charge is 0.340 e. The first-order valence-electron chi connectivity index (χ1n) is 10.4. The molecule has 11 heteroatoms. The maximum atomic E-state index is 12.6. The van der Waals surface area contributed by atoms with Gasteiger partial charge in [0.2, 0.25) is 24.1 Å². The summed E-state index contributed by atoms with van der Waals surface area (Å²) >= 11 is 0. The number of nitrogens with zero attached hydrogens (tertiary/aromatic N) is 6. The van der Waals surface area contributed by atoms with Crippen LogP contribution in [0.5, 0.6) is 0 Å². The summed E-state index contributed by atoms with van der Waals surface area (Å²) in [6, 6.07) is 5.64. The maximum absolute atomic E-state index is 12.6. The normalized spacial score (nSPS) is 13.7. The molecule has 31 heavy (non-hydrogen) atoms. The number of hydroxylamine groups is 2. The standard InChI is InChI=1S/C20H30N8O3/c1-4-6-7-10-16(13-27(31)15-29)18(30)25-26-19-22-14-23-20(24-19)28(3,5-2)17-11-8-9-12-21-17/h8-9,11-12,14-16,31H,4-7,10,13H2,1-3H3,(H-,22,23,24,25,26,30)/p+1/t16?,28-/m1/s1. The van der Waals surface area contributed by atoms with Crippen molar-refractivity contribution >= 4 is 30.0 Å². The van der Waals surface area contributed by atoms with E-state index in [0.29, 0.717) is 24.0 Å². The number of hydrogen-bond acceptors (Lipinski definition) is 8. The van der Waals surface area contributed by atoms with Gasteiger partial charge >= 0.3 is 5.95 Å². The van der Waals surface area contributed by atoms with Gasteiger partial charge in [-0.2, -0.15) is 9.97 Å². The molecule has 3 N–H and O–H groups in total. The molecule has 0 aliphatic carbocycles. The Bertz CT molecular complexity index is 838. The van der Waals surface area contributed by atoms with Crippen molar-refractivity contribution in [3.63, 3.8) is 0 Å². The van der Waals surface area contributed by atoms with Crippen molar-refractivity contribution in [3.05, 3.63) is 30.7 Å². The number of unbranched alkanes of at least 4 members (excludes halogenated alkanes) is 2. The van der Waals surface area contributed by atoms with Crippen LogP contribution in [0.15, 0.2) is 30.7 Å². The van der Waals surface area contributed by atoms with E-state index in [1.54, 1.807) is 6.20 Å². The molecule has 1 unspecified atom stereocenters. The first-order chi connectivity index (χ1) is 14.9. The summed E-state index contributed by atoms with van der Waals surface area (Å²) in [4.78, 5) is 40.6. The molecule has 2 aromatic heterocycles. The van der Waals surface area contributed by atoms with Gasteiger partial charge in [-0.1, -0.05) is 32.3 Å². The highest BCUT2D eigenvalue weighted by atomic mass is 16.5. The smallest absolute Gasteiger partial charge is 0.286 e. The van der Waals surface area contributed by atoms with Crippen LogP contribution in [0.4, 0.5) is 17.7 Å². The zero-order valence-electron chi connectivity index (χ0n) is 18.2. The number of amides is 2. The van der Waals surface area contributed by atoms with Crippen molar-refractivity contribution in [3.8, 4) is 0 Å². The fraction of sp³-hybridized carbons (Fsp3) is 0.500. The van der Waals surface area contributed by atoms with Gasteiger partial charge in [-0.3, -0.25) is 25.6 Å². The molecule has 0 fully saturated rings. The number of hydrogen-bond donors (Lipinski definition) is 3. The van der Waals surface area contributed by atoms with Gasteiger partial charge in [-0.05, 0) is 19.4 Å². The van der Waals surface area contributed by atoms with Crippen LogP contribution in [0.25, 0.3) is 0 Å². The fourth-order valence-corrected chi connectivity index (χ4v) is 3.07. The van der Waals surface area contributed by atoms with E-state index in [1.165, 1.54) is 6.33 Å². The highest BCUT2D eigenvalue weighted by molar-refractivity contribution is 5.80. The van der Waals surface area contributed by atoms with Crippen molar-refractivity contribution in [2.24, 2.45) is 5.92 Å². The predicted molar refractivity (Wildman–Crippen MR) is 116 cm³/mol. The van der Waals surface area contributed by atoms with E-state index >= 15 is 0 Å². The van der Waals surface area contributed by atoms with Crippen LogP contribution in [0.2, 0.25) is 0 Å². The minimum atomic E-state index is -0.569. The van der Waals surface area contributed by atoms with Gasteiger partial charge in [0.15, 0.2) is 0 Å². The van der Waals surface area contributed by atoms with E-state index in [4.69, 9.17) is 0 Å². The SMILES string of the molecule is CCCCCC(CN(O)C=O)C(=O)NNc1ncnc([N@+](C)(CC)c2ccccn2)n1. The van der Waals surface area contributed by atoms with E-state index in [2.05, 4.69) is 37.7 Å². The number of carbonyl (C=O) groups is 2. The second kappa shape index (κ2) is 11.9. The quantitative estimate of drug-likeness (QED) is 0.144. The highest BCUT2D eigenvalue weighted by Crippen LogP contribution is 2.27. The summed E-state index contributed by atoms with van der Waals surface area (Å²) in [5, 5.41) is 9.98. The highest BCUT2D eigenvalue weighted by Gasteiger charge is 2.31. The summed E-state index contributed by atoms with van der Waals surface area (Å²) in [5.41, 5.74) is 5.29. The number of nitrogens with one attached hydrogen (secondary N) is 2. The number of carbonyl (C=O) groups excluding carboxylic acids is 2. The first-order valence-corrected chi connectivity index (χ1v) is 10.4. The van der Waals surface area contributed by atoms with E-state index < -0.39 is 5.92 Å². The van der Waals surface area contributed by atoms with Gasteiger partial charge in [-0.25, -0.2) is 14.5 Å². The molecule has 0 aliphatic rings. The van der Waals surface area contributed by atoms with E-state index in [0.717, 1.165) is 25.1 Å². The van der Waals surface area contributed by atoms with Gasteiger partial charge in [0.05, 0.1) is 26.1 Å². The molecule has 0 saturated heterocycles. The van der Waals surface area contributed by atoms with Crippen LogP contribution >= 0.6 is 0 Å². The predicted octanol–water partition coefficient (Wildman–Crippen LogP) is 2.04. The molecule has 11 nitrogen and oxygen atoms in total. The average molecular weight is 432 g/mol. The monoisotopic (exact) mass is 431 g/mol. The molecular formula is C20H31N8O3+. The van der Waals surface area contributed by atoms with Crippen LogP contribution < -0.4 is 15.3 Å². The Labute approximate surface area is 182 Å². The Morgan fingerprint density at radius 3 is 2.71 bits per heavy atom. The molecule has 2 heterocycles. The number of rotatable bonds is 13. The maximum Gasteiger partial charge on any atom is 0.340 e. The van der Waals surface area contributed by atoms with E-state index in [9.17, 15) is 14.8 Å². The lowest BCUT2D eigenvalue weighted by atomic mass is 10.0. The third-order valence-electron chi connectivity index (χ3n) is 5.14. The Morgan fingerprint density at radius 1 is 1.26 bits per heavy atom. The van der Waals surface area contributed by atoms with Crippen molar-refractivity contribution in [2.45, 2.75) is 39.5 Å². The van der Waals surface area contributed by atoms with Crippen molar-refractivity contribution in [1.29, 1.82) is 0 Å². The lowest BCUT2D eigenvalue weighted by molar-refractivity contribution is -0.154. The van der Waals surface area contributed by atoms with Gasteiger partial charge in [0.1, 0.15) is 6.33 Å². The van der Waals surface area contributed by atoms with Crippen LogP contribution in [-0.4, -0.2) is 62.7 Å². The van der Waals surface area contributed by atoms with Crippen LogP contribution in [0.3, 0.4) is 0 Å². The molecule has 2 amide bonds. The molecule has 168 valence electrons. The second-order valence-electron chi connectivity index (χ2n) is 7.34. The summed E-state index contributed by atoms with van der Waals surface area (Å²) < 4.78 is 0.254. The van der Waals surface area contributed by atoms with Crippen molar-refractivity contribution in [2.75, 3.05) is 25.6 Å². The number of aromatic nitrogens is 4. The third kappa shape index (κ3) is 6.66. The van der Waals surface area contributed by atoms with Gasteiger partial charge in [0, 0.05) is 12.3 Å². The van der Waals surface area contributed by atoms with Crippen LogP contribution in [-0.2, 0) is 9.59 Å². The molecule has 0 aliphatic heterocycles. The van der Waals surface area contributed by atoms with Crippen LogP contribution in [0.1, 0.15) is 39.5 Å². The van der Waals surface area contributed by atoms with Crippen molar-refractivity contribution < 1.29 is 14.8 Å². The topological polar surface area (TPSA) is 133 Å². The Morgan fingerprint density at radius 2 is 2.06 bits per heavy atom. The molecule has 0 aromatic carbocycles. The van der Waals surface area contributed by atoms with E-state index in [1.807, 2.05) is 32.2 Å². The summed E-state index contributed by atoms with van der Waals surface area (Å²) in [6.07, 6.45) is 6.68. The van der Waals surface area contributed by atoms with E-state index in [-0.39, 0.29) is 29.3 Å². The Kier molecular flexibility index (Phi) is 9.22. The molecular weight excluding hydrogens is 400 g/mol. The summed E-state index contributed by atoms with van der Waals surface area (Å²) in [7, 11) is 1.94. The lowest BCUT2D eigenvalue weighted by Crippen LogP contribution is -2.42. The minimum absolute atomic E-state index is 0.0896. The first kappa shape index (κ1) is 24.1. The lowest BCUT2D eigenvalue weighted by Gasteiger charge is -2.28. The number of anilines is 1. The molecule has 0 bridgehead atoms. The Hall–Kier alpha value is -3.18. The number of hydrazine groups is 1. The third-order valence-corrected chi connectivity index (χ3v) is 5.14. The zero-order valence-corrected chi connectivity index (χ0v) is 18.2.